The summed E-state index contributed by atoms with van der Waals surface area (Å²) < 4.78 is 61.7. The zero-order chi connectivity index (χ0) is 13.9. The van der Waals surface area contributed by atoms with Crippen LogP contribution in [0.15, 0.2) is 0 Å². The molecule has 0 aliphatic carbocycles. The molecule has 1 aromatic rings. The van der Waals surface area contributed by atoms with Crippen molar-refractivity contribution in [2.75, 3.05) is 7.11 Å². The SMILES string of the molecule is COCc1c(F)c(F)c(COC(=O)O)c(F)c1F. The molecule has 0 saturated heterocycles. The first-order valence-electron chi connectivity index (χ1n) is 4.58. The number of methoxy groups -OCH3 is 1. The van der Waals surface area contributed by atoms with Gasteiger partial charge in [-0.15, -0.1) is 0 Å². The lowest BCUT2D eigenvalue weighted by molar-refractivity contribution is 0.0828. The van der Waals surface area contributed by atoms with Gasteiger partial charge < -0.3 is 14.6 Å². The predicted octanol–water partition coefficient (Wildman–Crippen LogP) is 2.58. The molecule has 0 spiro atoms. The molecule has 1 aromatic carbocycles. The Morgan fingerprint density at radius 3 is 1.72 bits per heavy atom. The molecule has 1 rings (SSSR count). The highest BCUT2D eigenvalue weighted by atomic mass is 19.2. The van der Waals surface area contributed by atoms with Gasteiger partial charge in [0, 0.05) is 7.11 Å². The number of hydrogen-bond acceptors (Lipinski definition) is 3. The first-order chi connectivity index (χ1) is 8.40. The maximum atomic E-state index is 13.4. The fourth-order valence-corrected chi connectivity index (χ4v) is 1.25. The Morgan fingerprint density at radius 1 is 1.00 bits per heavy atom. The zero-order valence-electron chi connectivity index (χ0n) is 9.10. The molecular formula is C10H8F4O4. The Hall–Kier alpha value is -1.83. The van der Waals surface area contributed by atoms with E-state index < -0.39 is 53.8 Å². The van der Waals surface area contributed by atoms with Crippen molar-refractivity contribution >= 4 is 6.16 Å². The molecule has 0 heterocycles. The van der Waals surface area contributed by atoms with E-state index in [1.807, 2.05) is 0 Å². The third kappa shape index (κ3) is 2.70. The van der Waals surface area contributed by atoms with Crippen molar-refractivity contribution in [2.24, 2.45) is 0 Å². The summed E-state index contributed by atoms with van der Waals surface area (Å²) in [5, 5.41) is 8.16. The van der Waals surface area contributed by atoms with Gasteiger partial charge in [-0.2, -0.15) is 0 Å². The van der Waals surface area contributed by atoms with E-state index >= 15 is 0 Å². The van der Waals surface area contributed by atoms with Crippen molar-refractivity contribution in [3.05, 3.63) is 34.4 Å². The van der Waals surface area contributed by atoms with Crippen molar-refractivity contribution < 1.29 is 36.9 Å². The third-order valence-corrected chi connectivity index (χ3v) is 2.07. The topological polar surface area (TPSA) is 55.8 Å². The highest BCUT2D eigenvalue weighted by Crippen LogP contribution is 2.25. The fourth-order valence-electron chi connectivity index (χ4n) is 1.25. The molecule has 1 N–H and O–H groups in total. The Morgan fingerprint density at radius 2 is 1.39 bits per heavy atom. The minimum Gasteiger partial charge on any atom is -0.450 e. The van der Waals surface area contributed by atoms with Gasteiger partial charge >= 0.3 is 6.16 Å². The van der Waals surface area contributed by atoms with Crippen molar-refractivity contribution in [1.82, 2.24) is 0 Å². The number of rotatable bonds is 4. The molecule has 0 saturated carbocycles. The molecule has 0 amide bonds. The maximum Gasteiger partial charge on any atom is 0.506 e. The van der Waals surface area contributed by atoms with Gasteiger partial charge in [0.05, 0.1) is 17.7 Å². The van der Waals surface area contributed by atoms with Crippen LogP contribution in [-0.2, 0) is 22.7 Å². The molecule has 0 aliphatic heterocycles. The summed E-state index contributed by atoms with van der Waals surface area (Å²) in [4.78, 5) is 10.1. The van der Waals surface area contributed by atoms with E-state index in [0.29, 0.717) is 0 Å². The van der Waals surface area contributed by atoms with Gasteiger partial charge in [0.1, 0.15) is 6.61 Å². The minimum atomic E-state index is -1.82. The third-order valence-electron chi connectivity index (χ3n) is 2.07. The van der Waals surface area contributed by atoms with E-state index in [1.54, 1.807) is 0 Å². The van der Waals surface area contributed by atoms with Gasteiger partial charge in [-0.3, -0.25) is 0 Å². The summed E-state index contributed by atoms with van der Waals surface area (Å²) in [7, 11) is 1.09. The lowest BCUT2D eigenvalue weighted by Crippen LogP contribution is -2.12. The van der Waals surface area contributed by atoms with Crippen LogP contribution in [0.1, 0.15) is 11.1 Å². The van der Waals surface area contributed by atoms with Gasteiger partial charge in [0.15, 0.2) is 23.3 Å². The zero-order valence-corrected chi connectivity index (χ0v) is 9.10. The monoisotopic (exact) mass is 268 g/mol. The van der Waals surface area contributed by atoms with Gasteiger partial charge in [-0.1, -0.05) is 0 Å². The van der Waals surface area contributed by atoms with Gasteiger partial charge in [-0.25, -0.2) is 22.4 Å². The lowest BCUT2D eigenvalue weighted by Gasteiger charge is -2.10. The molecule has 0 radical (unpaired) electrons. The molecule has 0 bridgehead atoms. The van der Waals surface area contributed by atoms with Crippen molar-refractivity contribution in [3.8, 4) is 0 Å². The van der Waals surface area contributed by atoms with Gasteiger partial charge in [-0.05, 0) is 0 Å². The second-order valence-electron chi connectivity index (χ2n) is 3.20. The van der Waals surface area contributed by atoms with Crippen LogP contribution < -0.4 is 0 Å². The average Bonchev–Trinajstić information content (AvgIpc) is 2.32. The van der Waals surface area contributed by atoms with Gasteiger partial charge in [0.2, 0.25) is 0 Å². The highest BCUT2D eigenvalue weighted by Gasteiger charge is 2.25. The van der Waals surface area contributed by atoms with Crippen LogP contribution in [0.25, 0.3) is 0 Å². The Balaban J connectivity index is 3.25. The summed E-state index contributed by atoms with van der Waals surface area (Å²) >= 11 is 0. The summed E-state index contributed by atoms with van der Waals surface area (Å²) in [6.07, 6.45) is -1.82. The Kier molecular flexibility index (Phi) is 4.49. The number of halogens is 4. The molecule has 0 fully saturated rings. The number of carbonyl (C=O) groups is 1. The predicted molar refractivity (Wildman–Crippen MR) is 49.8 cm³/mol. The van der Waals surface area contributed by atoms with E-state index in [9.17, 15) is 22.4 Å². The quantitative estimate of drug-likeness (QED) is 0.518. The number of ether oxygens (including phenoxy) is 2. The molecule has 100 valence electrons. The van der Waals surface area contributed by atoms with Crippen LogP contribution in [-0.4, -0.2) is 18.4 Å². The second kappa shape index (κ2) is 5.67. The standard InChI is InChI=1S/C10H8F4O4/c1-17-2-4-6(11)8(13)5(3-18-10(15)16)9(14)7(4)12/h2-3H2,1H3,(H,15,16). The van der Waals surface area contributed by atoms with Gasteiger partial charge in [0.25, 0.3) is 0 Å². The van der Waals surface area contributed by atoms with Crippen LogP contribution in [0.4, 0.5) is 22.4 Å². The molecule has 0 aromatic heterocycles. The summed E-state index contributed by atoms with van der Waals surface area (Å²) in [6, 6.07) is 0. The molecule has 0 atom stereocenters. The van der Waals surface area contributed by atoms with Crippen molar-refractivity contribution in [1.29, 1.82) is 0 Å². The molecular weight excluding hydrogens is 260 g/mol. The second-order valence-corrected chi connectivity index (χ2v) is 3.20. The molecule has 8 heteroatoms. The van der Waals surface area contributed by atoms with E-state index in [0.717, 1.165) is 7.11 Å². The van der Waals surface area contributed by atoms with E-state index in [2.05, 4.69) is 9.47 Å². The minimum absolute atomic E-state index is 0.661. The van der Waals surface area contributed by atoms with Crippen LogP contribution in [0.5, 0.6) is 0 Å². The van der Waals surface area contributed by atoms with Crippen molar-refractivity contribution in [2.45, 2.75) is 13.2 Å². The van der Waals surface area contributed by atoms with Crippen molar-refractivity contribution in [3.63, 3.8) is 0 Å². The largest absolute Gasteiger partial charge is 0.506 e. The van der Waals surface area contributed by atoms with Crippen LogP contribution in [0, 0.1) is 23.3 Å². The fraction of sp³-hybridized carbons (Fsp3) is 0.300. The summed E-state index contributed by atoms with van der Waals surface area (Å²) in [5.74, 6) is -6.69. The normalized spacial score (nSPS) is 10.5. The van der Waals surface area contributed by atoms with Crippen LogP contribution in [0.3, 0.4) is 0 Å². The van der Waals surface area contributed by atoms with Crippen LogP contribution >= 0.6 is 0 Å². The number of hydrogen-bond donors (Lipinski definition) is 1. The lowest BCUT2D eigenvalue weighted by atomic mass is 10.1. The van der Waals surface area contributed by atoms with E-state index in [-0.39, 0.29) is 0 Å². The summed E-state index contributed by atoms with van der Waals surface area (Å²) in [6.45, 7) is -1.79. The maximum absolute atomic E-state index is 13.4. The first kappa shape index (κ1) is 14.2. The first-order valence-corrected chi connectivity index (χ1v) is 4.58. The van der Waals surface area contributed by atoms with E-state index in [4.69, 9.17) is 5.11 Å². The Labute approximate surface area is 98.7 Å². The molecule has 18 heavy (non-hydrogen) atoms. The van der Waals surface area contributed by atoms with Crippen LogP contribution in [0.2, 0.25) is 0 Å². The Bertz CT molecular complexity index is 446. The summed E-state index contributed by atoms with van der Waals surface area (Å²) in [5.41, 5.74) is -2.04. The number of benzene rings is 1. The molecule has 0 aliphatic rings. The number of carboxylic acid groups (broad SMARTS) is 1. The van der Waals surface area contributed by atoms with E-state index in [1.165, 1.54) is 0 Å². The molecule has 4 nitrogen and oxygen atoms in total. The molecule has 0 unspecified atom stereocenters. The highest BCUT2D eigenvalue weighted by molar-refractivity contribution is 5.56. The average molecular weight is 268 g/mol. The smallest absolute Gasteiger partial charge is 0.450 e.